The molecular formula is C27H43N5O7Si. The number of ether oxygens (including phenoxy) is 1. The Kier molecular flexibility index (Phi) is 10.0. The van der Waals surface area contributed by atoms with Gasteiger partial charge in [0.15, 0.2) is 14.5 Å². The van der Waals surface area contributed by atoms with Crippen LogP contribution in [0.15, 0.2) is 30.5 Å². The van der Waals surface area contributed by atoms with E-state index in [0.717, 1.165) is 11.8 Å². The number of carbonyl (C=O) groups excluding carboxylic acids is 1. The van der Waals surface area contributed by atoms with Crippen LogP contribution in [0.3, 0.4) is 0 Å². The summed E-state index contributed by atoms with van der Waals surface area (Å²) in [6.07, 6.45) is 1.10. The zero-order chi connectivity index (χ0) is 30.7. The molecule has 12 nitrogen and oxygen atoms in total. The standard InChI is InChI=1S/C27H43N5O7Si/c1-25(2,3)39-23(33)21-13-11-20(12-14-21)17-30(15-16-38-40(9,10)26(4,5)6)27(7,8)19-29-18-22(31(34)35)28-24(29)32(36)37/h11-14,18H,15-17,19H2,1-10H3. The van der Waals surface area contributed by atoms with Crippen LogP contribution in [0.5, 0.6) is 0 Å². The number of nitro groups is 2. The first kappa shape index (κ1) is 33.0. The highest BCUT2D eigenvalue weighted by molar-refractivity contribution is 6.74. The van der Waals surface area contributed by atoms with Gasteiger partial charge in [-0.25, -0.2) is 9.36 Å². The van der Waals surface area contributed by atoms with E-state index in [2.05, 4.69) is 43.7 Å². The van der Waals surface area contributed by atoms with Crippen LogP contribution in [0.1, 0.15) is 71.3 Å². The Morgan fingerprint density at radius 2 is 1.57 bits per heavy atom. The molecule has 0 saturated heterocycles. The number of benzene rings is 1. The van der Waals surface area contributed by atoms with Gasteiger partial charge in [0.05, 0.1) is 12.1 Å². The normalized spacial score (nSPS) is 13.0. The van der Waals surface area contributed by atoms with Gasteiger partial charge in [-0.05, 0) is 85.3 Å². The number of hydrogen-bond donors (Lipinski definition) is 0. The number of rotatable bonds is 12. The molecular weight excluding hydrogens is 534 g/mol. The van der Waals surface area contributed by atoms with Crippen LogP contribution in [-0.2, 0) is 22.3 Å². The fraction of sp³-hybridized carbons (Fsp3) is 0.630. The largest absolute Gasteiger partial charge is 0.456 e. The zero-order valence-electron chi connectivity index (χ0n) is 25.3. The molecule has 0 atom stereocenters. The Balaban J connectivity index is 2.34. The van der Waals surface area contributed by atoms with E-state index >= 15 is 0 Å². The van der Waals surface area contributed by atoms with Gasteiger partial charge in [0, 0.05) is 25.2 Å². The molecule has 0 radical (unpaired) electrons. The van der Waals surface area contributed by atoms with Crippen molar-refractivity contribution in [2.75, 3.05) is 13.2 Å². The lowest BCUT2D eigenvalue weighted by Gasteiger charge is -2.40. The van der Waals surface area contributed by atoms with Crippen molar-refractivity contribution in [3.63, 3.8) is 0 Å². The molecule has 0 spiro atoms. The van der Waals surface area contributed by atoms with E-state index in [4.69, 9.17) is 9.16 Å². The average Bonchev–Trinajstić information content (AvgIpc) is 3.20. The number of esters is 1. The van der Waals surface area contributed by atoms with Crippen LogP contribution in [-0.4, -0.2) is 62.9 Å². The molecule has 0 N–H and O–H groups in total. The van der Waals surface area contributed by atoms with Gasteiger partial charge in [0.1, 0.15) is 5.60 Å². The highest BCUT2D eigenvalue weighted by atomic mass is 28.4. The van der Waals surface area contributed by atoms with Crippen molar-refractivity contribution in [1.82, 2.24) is 14.5 Å². The van der Waals surface area contributed by atoms with Crippen molar-refractivity contribution in [2.45, 2.75) is 97.8 Å². The minimum Gasteiger partial charge on any atom is -0.456 e. The molecule has 2 aromatic rings. The van der Waals surface area contributed by atoms with Crippen LogP contribution in [0.25, 0.3) is 0 Å². The Morgan fingerprint density at radius 3 is 2.05 bits per heavy atom. The van der Waals surface area contributed by atoms with Crippen LogP contribution in [0.2, 0.25) is 18.1 Å². The molecule has 2 rings (SSSR count). The van der Waals surface area contributed by atoms with Crippen LogP contribution in [0, 0.1) is 20.2 Å². The molecule has 0 bridgehead atoms. The summed E-state index contributed by atoms with van der Waals surface area (Å²) >= 11 is 0. The lowest BCUT2D eigenvalue weighted by molar-refractivity contribution is -0.403. The lowest BCUT2D eigenvalue weighted by atomic mass is 10.0. The summed E-state index contributed by atoms with van der Waals surface area (Å²) < 4.78 is 13.1. The summed E-state index contributed by atoms with van der Waals surface area (Å²) in [4.78, 5) is 39.5. The molecule has 0 aliphatic carbocycles. The summed E-state index contributed by atoms with van der Waals surface area (Å²) in [6.45, 7) is 21.6. The van der Waals surface area contributed by atoms with E-state index in [1.165, 1.54) is 4.57 Å². The van der Waals surface area contributed by atoms with Gasteiger partial charge in [-0.15, -0.1) is 0 Å². The van der Waals surface area contributed by atoms with Crippen molar-refractivity contribution in [2.24, 2.45) is 0 Å². The number of nitrogens with zero attached hydrogens (tertiary/aromatic N) is 5. The third-order valence-corrected chi connectivity index (χ3v) is 11.6. The number of hydrogen-bond acceptors (Lipinski definition) is 9. The summed E-state index contributed by atoms with van der Waals surface area (Å²) in [5.41, 5.74) is 0.0528. The van der Waals surface area contributed by atoms with Crippen molar-refractivity contribution in [1.29, 1.82) is 0 Å². The monoisotopic (exact) mass is 577 g/mol. The fourth-order valence-corrected chi connectivity index (χ4v) is 4.82. The van der Waals surface area contributed by atoms with Gasteiger partial charge in [-0.3, -0.25) is 4.90 Å². The predicted octanol–water partition coefficient (Wildman–Crippen LogP) is 5.96. The van der Waals surface area contributed by atoms with Gasteiger partial charge in [-0.2, -0.15) is 0 Å². The third kappa shape index (κ3) is 8.93. The Morgan fingerprint density at radius 1 is 1.00 bits per heavy atom. The van der Waals surface area contributed by atoms with E-state index < -0.39 is 47.0 Å². The molecule has 0 aliphatic heterocycles. The van der Waals surface area contributed by atoms with E-state index in [0.29, 0.717) is 25.3 Å². The Bertz CT molecular complexity index is 1210. The first-order valence-corrected chi connectivity index (χ1v) is 16.1. The third-order valence-electron chi connectivity index (χ3n) is 7.10. The first-order chi connectivity index (χ1) is 18.1. The molecule has 0 amide bonds. The molecule has 13 heteroatoms. The number of imidazole rings is 1. The van der Waals surface area contributed by atoms with E-state index in [1.807, 2.05) is 46.8 Å². The van der Waals surface area contributed by atoms with Gasteiger partial charge >= 0.3 is 17.7 Å². The van der Waals surface area contributed by atoms with E-state index in [9.17, 15) is 25.0 Å². The topological polar surface area (TPSA) is 143 Å². The maximum atomic E-state index is 12.5. The van der Waals surface area contributed by atoms with Gasteiger partial charge < -0.3 is 29.4 Å². The number of aromatic nitrogens is 2. The summed E-state index contributed by atoms with van der Waals surface area (Å²) in [6, 6.07) is 7.12. The van der Waals surface area contributed by atoms with E-state index in [-0.39, 0.29) is 11.6 Å². The average molecular weight is 578 g/mol. The predicted molar refractivity (Wildman–Crippen MR) is 155 cm³/mol. The maximum Gasteiger partial charge on any atom is 0.439 e. The molecule has 0 fully saturated rings. The van der Waals surface area contributed by atoms with Crippen molar-refractivity contribution in [3.8, 4) is 0 Å². The Hall–Kier alpha value is -3.16. The molecule has 40 heavy (non-hydrogen) atoms. The van der Waals surface area contributed by atoms with Gasteiger partial charge in [0.2, 0.25) is 0 Å². The highest BCUT2D eigenvalue weighted by Crippen LogP contribution is 2.36. The molecule has 1 aromatic heterocycles. The van der Waals surface area contributed by atoms with Crippen LogP contribution < -0.4 is 0 Å². The fourth-order valence-electron chi connectivity index (χ4n) is 3.79. The summed E-state index contributed by atoms with van der Waals surface area (Å²) in [7, 11) is -2.03. The van der Waals surface area contributed by atoms with Crippen molar-refractivity contribution >= 4 is 26.1 Å². The van der Waals surface area contributed by atoms with Crippen molar-refractivity contribution < 1.29 is 23.8 Å². The molecule has 1 heterocycles. The lowest BCUT2D eigenvalue weighted by Crippen LogP contribution is -2.49. The van der Waals surface area contributed by atoms with Crippen LogP contribution >= 0.6 is 0 Å². The Labute approximate surface area is 237 Å². The second-order valence-corrected chi connectivity index (χ2v) is 17.9. The smallest absolute Gasteiger partial charge is 0.439 e. The summed E-state index contributed by atoms with van der Waals surface area (Å²) in [5, 5.41) is 22.9. The van der Waals surface area contributed by atoms with Crippen LogP contribution in [0.4, 0.5) is 11.8 Å². The maximum absolute atomic E-state index is 12.5. The molecule has 0 unspecified atom stereocenters. The molecule has 1 aromatic carbocycles. The molecule has 0 aliphatic rings. The van der Waals surface area contributed by atoms with E-state index in [1.54, 1.807) is 12.1 Å². The SMILES string of the molecule is CC(C)(C)OC(=O)c1ccc(CN(CCO[Si](C)(C)C(C)(C)C)C(C)(C)Cn2cc([N+](=O)[O-])nc2[N+](=O)[O-])cc1. The first-order valence-electron chi connectivity index (χ1n) is 13.2. The molecule has 222 valence electrons. The minimum absolute atomic E-state index is 0.0290. The summed E-state index contributed by atoms with van der Waals surface area (Å²) in [5.74, 6) is -1.57. The quantitative estimate of drug-likeness (QED) is 0.129. The van der Waals surface area contributed by atoms with Gasteiger partial charge in [0.25, 0.3) is 0 Å². The highest BCUT2D eigenvalue weighted by Gasteiger charge is 2.38. The number of carbonyl (C=O) groups is 1. The van der Waals surface area contributed by atoms with Gasteiger partial charge in [-0.1, -0.05) is 32.9 Å². The second kappa shape index (κ2) is 12.1. The second-order valence-electron chi connectivity index (χ2n) is 13.1. The molecule has 0 saturated carbocycles. The van der Waals surface area contributed by atoms with Crippen molar-refractivity contribution in [3.05, 3.63) is 61.8 Å². The zero-order valence-corrected chi connectivity index (χ0v) is 26.3. The minimum atomic E-state index is -2.03.